The first-order valence-electron chi connectivity index (χ1n) is 10.9. The second kappa shape index (κ2) is 11.7. The van der Waals surface area contributed by atoms with E-state index in [1.807, 2.05) is 13.8 Å². The molecule has 186 valence electrons. The third-order valence-corrected chi connectivity index (χ3v) is 6.99. The molecule has 0 aromatic heterocycles. The Labute approximate surface area is 196 Å². The van der Waals surface area contributed by atoms with Crippen LogP contribution in [-0.2, 0) is 24.3 Å². The van der Waals surface area contributed by atoms with E-state index < -0.39 is 10.0 Å². The van der Waals surface area contributed by atoms with Gasteiger partial charge in [0.1, 0.15) is 19.0 Å². The van der Waals surface area contributed by atoms with Crippen LogP contribution >= 0.6 is 0 Å². The van der Waals surface area contributed by atoms with Crippen molar-refractivity contribution >= 4 is 27.5 Å². The first-order valence-corrected chi connectivity index (χ1v) is 12.5. The van der Waals surface area contributed by atoms with Gasteiger partial charge >= 0.3 is 0 Å². The molecule has 2 rings (SSSR count). The Morgan fingerprint density at radius 1 is 1.24 bits per heavy atom. The molecule has 1 N–H and O–H groups in total. The van der Waals surface area contributed by atoms with Crippen molar-refractivity contribution in [1.29, 1.82) is 0 Å². The lowest BCUT2D eigenvalue weighted by atomic mass is 10.0. The minimum Gasteiger partial charge on any atom is -0.491 e. The number of nitrogens with one attached hydrogen (secondary N) is 1. The standard InChI is InChI=1S/C22H35N3O7S/c1-7-33(28,29)23-17-8-9-19-18(10-17)22(27)24(4)12-20(31-6)15(2)11-25(16(3)13-32-19)21(26)14-30-5/h8-10,15-16,20,23H,7,11-14H2,1-6H3/t15-,16-,20+/m0/s1. The van der Waals surface area contributed by atoms with Gasteiger partial charge in [0.2, 0.25) is 15.9 Å². The largest absolute Gasteiger partial charge is 0.491 e. The minimum absolute atomic E-state index is 0.0510. The number of likely N-dealkylation sites (N-methyl/N-ethyl adjacent to an activating group) is 1. The van der Waals surface area contributed by atoms with Gasteiger partial charge in [-0.25, -0.2) is 8.42 Å². The predicted molar refractivity (Wildman–Crippen MR) is 125 cm³/mol. The van der Waals surface area contributed by atoms with Crippen molar-refractivity contribution in [2.45, 2.75) is 32.9 Å². The number of amides is 2. The van der Waals surface area contributed by atoms with Crippen LogP contribution in [0.15, 0.2) is 18.2 Å². The summed E-state index contributed by atoms with van der Waals surface area (Å²) in [6, 6.07) is 4.27. The van der Waals surface area contributed by atoms with Gasteiger partial charge in [0, 0.05) is 46.0 Å². The molecule has 1 aliphatic heterocycles. The van der Waals surface area contributed by atoms with Gasteiger partial charge in [-0.2, -0.15) is 0 Å². The number of fused-ring (bicyclic) bond motifs is 1. The molecule has 1 aliphatic rings. The first-order chi connectivity index (χ1) is 15.5. The lowest BCUT2D eigenvalue weighted by Gasteiger charge is -2.36. The molecule has 1 heterocycles. The van der Waals surface area contributed by atoms with E-state index in [2.05, 4.69) is 4.72 Å². The first kappa shape index (κ1) is 26.9. The maximum atomic E-state index is 13.3. The van der Waals surface area contributed by atoms with Crippen LogP contribution in [-0.4, -0.2) is 95.5 Å². The number of sulfonamides is 1. The summed E-state index contributed by atoms with van der Waals surface area (Å²) < 4.78 is 43.1. The molecule has 3 atom stereocenters. The second-order valence-corrected chi connectivity index (χ2v) is 10.3. The summed E-state index contributed by atoms with van der Waals surface area (Å²) in [4.78, 5) is 29.2. The average molecular weight is 486 g/mol. The Morgan fingerprint density at radius 2 is 1.94 bits per heavy atom. The Hall–Kier alpha value is -2.37. The van der Waals surface area contributed by atoms with Gasteiger partial charge in [0.15, 0.2) is 0 Å². The van der Waals surface area contributed by atoms with Crippen LogP contribution in [0.2, 0.25) is 0 Å². The Kier molecular flexibility index (Phi) is 9.50. The molecule has 0 unspecified atom stereocenters. The van der Waals surface area contributed by atoms with Gasteiger partial charge in [-0.05, 0) is 32.0 Å². The fourth-order valence-electron chi connectivity index (χ4n) is 3.65. The highest BCUT2D eigenvalue weighted by Crippen LogP contribution is 2.27. The lowest BCUT2D eigenvalue weighted by Crippen LogP contribution is -2.49. The van der Waals surface area contributed by atoms with E-state index in [-0.39, 0.29) is 66.6 Å². The molecule has 0 saturated carbocycles. The smallest absolute Gasteiger partial charge is 0.257 e. The van der Waals surface area contributed by atoms with Crippen molar-refractivity contribution in [3.8, 4) is 5.75 Å². The molecular formula is C22H35N3O7S. The number of ether oxygens (including phenoxy) is 3. The summed E-state index contributed by atoms with van der Waals surface area (Å²) in [6.45, 7) is 6.14. The predicted octanol–water partition coefficient (Wildman–Crippen LogP) is 1.43. The zero-order chi connectivity index (χ0) is 24.8. The van der Waals surface area contributed by atoms with Crippen molar-refractivity contribution in [1.82, 2.24) is 9.80 Å². The van der Waals surface area contributed by atoms with Gasteiger partial charge in [0.05, 0.1) is 23.5 Å². The second-order valence-electron chi connectivity index (χ2n) is 8.29. The maximum absolute atomic E-state index is 13.3. The SMILES string of the molecule is CCS(=O)(=O)Nc1ccc2c(c1)C(=O)N(C)C[C@@H](OC)[C@@H](C)CN(C(=O)COC)[C@@H](C)CO2. The number of carbonyl (C=O) groups is 2. The van der Waals surface area contributed by atoms with Gasteiger partial charge in [-0.15, -0.1) is 0 Å². The molecule has 11 heteroatoms. The van der Waals surface area contributed by atoms with Crippen LogP contribution < -0.4 is 9.46 Å². The summed E-state index contributed by atoms with van der Waals surface area (Å²) in [6.07, 6.45) is -0.324. The molecule has 0 spiro atoms. The summed E-state index contributed by atoms with van der Waals surface area (Å²) in [5.74, 6) is -0.348. The highest BCUT2D eigenvalue weighted by atomic mass is 32.2. The number of anilines is 1. The average Bonchev–Trinajstić information content (AvgIpc) is 2.78. The molecule has 0 radical (unpaired) electrons. The van der Waals surface area contributed by atoms with E-state index in [4.69, 9.17) is 14.2 Å². The lowest BCUT2D eigenvalue weighted by molar-refractivity contribution is -0.139. The zero-order valence-electron chi connectivity index (χ0n) is 20.2. The van der Waals surface area contributed by atoms with E-state index in [1.54, 1.807) is 31.2 Å². The third-order valence-electron chi connectivity index (χ3n) is 5.69. The van der Waals surface area contributed by atoms with Gasteiger partial charge in [-0.1, -0.05) is 6.92 Å². The zero-order valence-corrected chi connectivity index (χ0v) is 21.0. The number of carbonyl (C=O) groups excluding carboxylic acids is 2. The Morgan fingerprint density at radius 3 is 2.55 bits per heavy atom. The summed E-state index contributed by atoms with van der Waals surface area (Å²) in [7, 11) is 1.18. The van der Waals surface area contributed by atoms with Crippen LogP contribution in [0.3, 0.4) is 0 Å². The van der Waals surface area contributed by atoms with Crippen molar-refractivity contribution < 1.29 is 32.2 Å². The van der Waals surface area contributed by atoms with Crippen molar-refractivity contribution in [2.24, 2.45) is 5.92 Å². The van der Waals surface area contributed by atoms with Crippen molar-refractivity contribution in [3.05, 3.63) is 23.8 Å². The van der Waals surface area contributed by atoms with E-state index in [9.17, 15) is 18.0 Å². The fourth-order valence-corrected chi connectivity index (χ4v) is 4.28. The van der Waals surface area contributed by atoms with Crippen molar-refractivity contribution in [3.63, 3.8) is 0 Å². The maximum Gasteiger partial charge on any atom is 0.257 e. The molecule has 0 bridgehead atoms. The topological polar surface area (TPSA) is 114 Å². The number of nitrogens with zero attached hydrogens (tertiary/aromatic N) is 2. The van der Waals surface area contributed by atoms with Crippen LogP contribution in [0.25, 0.3) is 0 Å². The minimum atomic E-state index is -3.51. The van der Waals surface area contributed by atoms with Crippen LogP contribution in [0, 0.1) is 5.92 Å². The number of rotatable bonds is 6. The Bertz CT molecular complexity index is 938. The molecule has 0 fully saturated rings. The molecule has 0 aliphatic carbocycles. The highest BCUT2D eigenvalue weighted by Gasteiger charge is 2.30. The normalized spacial score (nSPS) is 22.6. The fraction of sp³-hybridized carbons (Fsp3) is 0.636. The number of methoxy groups -OCH3 is 2. The molecule has 10 nitrogen and oxygen atoms in total. The number of benzene rings is 1. The number of hydrogen-bond donors (Lipinski definition) is 1. The molecule has 1 aromatic carbocycles. The summed E-state index contributed by atoms with van der Waals surface area (Å²) in [5.41, 5.74) is 0.494. The monoisotopic (exact) mass is 485 g/mol. The van der Waals surface area contributed by atoms with E-state index >= 15 is 0 Å². The van der Waals surface area contributed by atoms with Gasteiger partial charge < -0.3 is 24.0 Å². The van der Waals surface area contributed by atoms with Crippen LogP contribution in [0.1, 0.15) is 31.1 Å². The van der Waals surface area contributed by atoms with Crippen LogP contribution in [0.5, 0.6) is 5.75 Å². The molecule has 2 amide bonds. The van der Waals surface area contributed by atoms with E-state index in [0.717, 1.165) is 0 Å². The van der Waals surface area contributed by atoms with Gasteiger partial charge in [0.25, 0.3) is 5.91 Å². The molecule has 0 saturated heterocycles. The van der Waals surface area contributed by atoms with E-state index in [1.165, 1.54) is 25.0 Å². The van der Waals surface area contributed by atoms with Gasteiger partial charge in [-0.3, -0.25) is 14.3 Å². The summed E-state index contributed by atoms with van der Waals surface area (Å²) in [5, 5.41) is 0. The Balaban J connectivity index is 2.47. The quantitative estimate of drug-likeness (QED) is 0.648. The van der Waals surface area contributed by atoms with Crippen molar-refractivity contribution in [2.75, 3.05) is 58.0 Å². The number of hydrogen-bond acceptors (Lipinski definition) is 7. The van der Waals surface area contributed by atoms with E-state index in [0.29, 0.717) is 12.3 Å². The summed E-state index contributed by atoms with van der Waals surface area (Å²) >= 11 is 0. The molecule has 1 aromatic rings. The molecular weight excluding hydrogens is 450 g/mol. The molecule has 33 heavy (non-hydrogen) atoms. The van der Waals surface area contributed by atoms with Crippen LogP contribution in [0.4, 0.5) is 5.69 Å². The third kappa shape index (κ3) is 7.05. The highest BCUT2D eigenvalue weighted by molar-refractivity contribution is 7.92.